The molecule has 0 atom stereocenters. The Kier molecular flexibility index (Phi) is 3.68. The van der Waals surface area contributed by atoms with E-state index in [1.54, 1.807) is 7.11 Å². The molecule has 5 heteroatoms. The summed E-state index contributed by atoms with van der Waals surface area (Å²) in [5.41, 5.74) is 2.90. The van der Waals surface area contributed by atoms with E-state index in [-0.39, 0.29) is 0 Å². The van der Waals surface area contributed by atoms with Crippen LogP contribution < -0.4 is 4.74 Å². The van der Waals surface area contributed by atoms with Crippen molar-refractivity contribution >= 4 is 38.6 Å². The van der Waals surface area contributed by atoms with E-state index in [4.69, 9.17) is 16.3 Å². The number of imidazole rings is 1. The molecule has 0 aliphatic rings. The Balaban J connectivity index is 2.31. The zero-order valence-corrected chi connectivity index (χ0v) is 13.1. The maximum atomic E-state index is 6.05. The van der Waals surface area contributed by atoms with Gasteiger partial charge in [-0.1, -0.05) is 12.1 Å². The molecule has 0 amide bonds. The van der Waals surface area contributed by atoms with Gasteiger partial charge in [-0.2, -0.15) is 0 Å². The van der Waals surface area contributed by atoms with E-state index in [0.29, 0.717) is 5.88 Å². The highest BCUT2D eigenvalue weighted by Crippen LogP contribution is 2.29. The van der Waals surface area contributed by atoms with Gasteiger partial charge in [0.1, 0.15) is 11.6 Å². The first-order chi connectivity index (χ1) is 9.74. The number of rotatable bonds is 3. The van der Waals surface area contributed by atoms with Crippen molar-refractivity contribution in [3.05, 3.63) is 52.8 Å². The molecule has 0 aliphatic heterocycles. The van der Waals surface area contributed by atoms with Crippen LogP contribution in [0.15, 0.2) is 46.9 Å². The van der Waals surface area contributed by atoms with Gasteiger partial charge in [0.2, 0.25) is 0 Å². The van der Waals surface area contributed by atoms with Crippen LogP contribution in [0.4, 0.5) is 0 Å². The minimum atomic E-state index is 0.346. The molecular weight excluding hydrogens is 340 g/mol. The monoisotopic (exact) mass is 350 g/mol. The van der Waals surface area contributed by atoms with Crippen molar-refractivity contribution in [1.82, 2.24) is 9.55 Å². The lowest BCUT2D eigenvalue weighted by molar-refractivity contribution is 0.415. The van der Waals surface area contributed by atoms with Gasteiger partial charge in [0.15, 0.2) is 0 Å². The summed E-state index contributed by atoms with van der Waals surface area (Å²) in [5.74, 6) is 1.94. The third kappa shape index (κ3) is 2.19. The Bertz CT molecular complexity index is 770. The van der Waals surface area contributed by atoms with E-state index in [0.717, 1.165) is 32.8 Å². The molecule has 1 heterocycles. The molecule has 0 spiro atoms. The number of hydrogen-bond acceptors (Lipinski definition) is 2. The molecule has 2 aromatic carbocycles. The molecule has 3 aromatic rings. The van der Waals surface area contributed by atoms with Gasteiger partial charge in [0, 0.05) is 10.5 Å². The molecule has 0 bridgehead atoms. The topological polar surface area (TPSA) is 27.1 Å². The second kappa shape index (κ2) is 5.46. The highest BCUT2D eigenvalue weighted by Gasteiger charge is 2.14. The second-order valence-electron chi connectivity index (χ2n) is 4.30. The summed E-state index contributed by atoms with van der Waals surface area (Å²) in [7, 11) is 1.65. The lowest BCUT2D eigenvalue weighted by atomic mass is 10.2. The van der Waals surface area contributed by atoms with Crippen LogP contribution in [0.3, 0.4) is 0 Å². The second-order valence-corrected chi connectivity index (χ2v) is 5.42. The van der Waals surface area contributed by atoms with E-state index in [1.807, 2.05) is 42.5 Å². The largest absolute Gasteiger partial charge is 0.497 e. The van der Waals surface area contributed by atoms with Crippen LogP contribution in [0, 0.1) is 0 Å². The number of alkyl halides is 1. The predicted molar refractivity (Wildman–Crippen MR) is 84.9 cm³/mol. The summed E-state index contributed by atoms with van der Waals surface area (Å²) in [5, 5.41) is 0. The fourth-order valence-corrected chi connectivity index (χ4v) is 2.87. The van der Waals surface area contributed by atoms with Gasteiger partial charge in [-0.05, 0) is 40.2 Å². The van der Waals surface area contributed by atoms with Crippen LogP contribution in [0.25, 0.3) is 16.7 Å². The number of para-hydroxylation sites is 1. The summed E-state index contributed by atoms with van der Waals surface area (Å²) in [4.78, 5) is 4.59. The van der Waals surface area contributed by atoms with E-state index >= 15 is 0 Å². The van der Waals surface area contributed by atoms with Gasteiger partial charge < -0.3 is 4.74 Å². The minimum Gasteiger partial charge on any atom is -0.497 e. The highest BCUT2D eigenvalue weighted by molar-refractivity contribution is 9.10. The van der Waals surface area contributed by atoms with Crippen molar-refractivity contribution in [3.8, 4) is 11.4 Å². The molecule has 0 aliphatic carbocycles. The zero-order valence-electron chi connectivity index (χ0n) is 10.8. The molecule has 102 valence electrons. The lowest BCUT2D eigenvalue weighted by Crippen LogP contribution is -2.00. The Labute approximate surface area is 130 Å². The first-order valence-electron chi connectivity index (χ1n) is 6.11. The van der Waals surface area contributed by atoms with Gasteiger partial charge >= 0.3 is 0 Å². The summed E-state index contributed by atoms with van der Waals surface area (Å²) < 4.78 is 8.31. The van der Waals surface area contributed by atoms with Crippen molar-refractivity contribution in [2.75, 3.05) is 7.11 Å². The smallest absolute Gasteiger partial charge is 0.129 e. The number of fused-ring (bicyclic) bond motifs is 1. The van der Waals surface area contributed by atoms with Crippen LogP contribution in [0.1, 0.15) is 5.82 Å². The molecule has 0 saturated heterocycles. The Morgan fingerprint density at radius 2 is 2.05 bits per heavy atom. The van der Waals surface area contributed by atoms with Gasteiger partial charge in [0.05, 0.1) is 29.7 Å². The summed E-state index contributed by atoms with van der Waals surface area (Å²) in [6, 6.07) is 13.8. The molecule has 20 heavy (non-hydrogen) atoms. The minimum absolute atomic E-state index is 0.346. The Morgan fingerprint density at radius 3 is 2.75 bits per heavy atom. The van der Waals surface area contributed by atoms with Crippen LogP contribution >= 0.6 is 27.5 Å². The first kappa shape index (κ1) is 13.5. The number of methoxy groups -OCH3 is 1. The van der Waals surface area contributed by atoms with Crippen LogP contribution in [-0.2, 0) is 5.88 Å². The number of nitrogens with zero attached hydrogens (tertiary/aromatic N) is 2. The van der Waals surface area contributed by atoms with Gasteiger partial charge in [-0.25, -0.2) is 4.98 Å². The molecule has 0 fully saturated rings. The lowest BCUT2D eigenvalue weighted by Gasteiger charge is -2.10. The molecule has 0 N–H and O–H groups in total. The van der Waals surface area contributed by atoms with E-state index in [2.05, 4.69) is 25.5 Å². The Hall–Kier alpha value is -1.52. The quantitative estimate of drug-likeness (QED) is 0.648. The van der Waals surface area contributed by atoms with E-state index in [1.165, 1.54) is 0 Å². The summed E-state index contributed by atoms with van der Waals surface area (Å²) in [6.45, 7) is 0. The van der Waals surface area contributed by atoms with Crippen LogP contribution in [0.2, 0.25) is 0 Å². The summed E-state index contributed by atoms with van der Waals surface area (Å²) >= 11 is 9.63. The number of ether oxygens (including phenoxy) is 1. The SMILES string of the molecule is COc1ccc2c(c1)nc(CCl)n2-c1ccccc1Br. The van der Waals surface area contributed by atoms with Crippen molar-refractivity contribution in [1.29, 1.82) is 0 Å². The van der Waals surface area contributed by atoms with E-state index in [9.17, 15) is 0 Å². The average Bonchev–Trinajstić information content (AvgIpc) is 2.85. The summed E-state index contributed by atoms with van der Waals surface area (Å²) in [6.07, 6.45) is 0. The molecule has 0 unspecified atom stereocenters. The zero-order chi connectivity index (χ0) is 14.1. The van der Waals surface area contributed by atoms with Gasteiger partial charge in [0.25, 0.3) is 0 Å². The van der Waals surface area contributed by atoms with E-state index < -0.39 is 0 Å². The highest BCUT2D eigenvalue weighted by atomic mass is 79.9. The van der Waals surface area contributed by atoms with Crippen molar-refractivity contribution in [2.45, 2.75) is 5.88 Å². The number of hydrogen-bond donors (Lipinski definition) is 0. The molecule has 3 nitrogen and oxygen atoms in total. The van der Waals surface area contributed by atoms with Crippen LogP contribution in [0.5, 0.6) is 5.75 Å². The molecule has 0 radical (unpaired) electrons. The van der Waals surface area contributed by atoms with Gasteiger partial charge in [-0.15, -0.1) is 11.6 Å². The van der Waals surface area contributed by atoms with Crippen molar-refractivity contribution in [2.24, 2.45) is 0 Å². The molecule has 0 saturated carbocycles. The number of aromatic nitrogens is 2. The molecule has 1 aromatic heterocycles. The predicted octanol–water partition coefficient (Wildman–Crippen LogP) is 4.54. The fraction of sp³-hybridized carbons (Fsp3) is 0.133. The normalized spacial score (nSPS) is 10.9. The number of halogens is 2. The standard InChI is InChI=1S/C15H12BrClN2O/c1-20-10-6-7-14-12(8-10)18-15(9-17)19(14)13-5-3-2-4-11(13)16/h2-8H,9H2,1H3. The third-order valence-corrected chi connectivity index (χ3v) is 4.05. The fourth-order valence-electron chi connectivity index (χ4n) is 2.23. The number of benzene rings is 2. The molecular formula is C15H12BrClN2O. The van der Waals surface area contributed by atoms with Gasteiger partial charge in [-0.3, -0.25) is 4.57 Å². The third-order valence-electron chi connectivity index (χ3n) is 3.14. The average molecular weight is 352 g/mol. The maximum Gasteiger partial charge on any atom is 0.129 e. The molecule has 3 rings (SSSR count). The van der Waals surface area contributed by atoms with Crippen molar-refractivity contribution < 1.29 is 4.74 Å². The maximum absolute atomic E-state index is 6.05. The van der Waals surface area contributed by atoms with Crippen LogP contribution in [-0.4, -0.2) is 16.7 Å². The first-order valence-corrected chi connectivity index (χ1v) is 7.43. The Morgan fingerprint density at radius 1 is 1.25 bits per heavy atom. The van der Waals surface area contributed by atoms with Crippen molar-refractivity contribution in [3.63, 3.8) is 0 Å².